The Hall–Kier alpha value is -0.0400. The van der Waals surface area contributed by atoms with Crippen molar-refractivity contribution in [2.24, 2.45) is 5.92 Å². The van der Waals surface area contributed by atoms with E-state index in [2.05, 4.69) is 0 Å². The van der Waals surface area contributed by atoms with Crippen LogP contribution in [0.4, 0.5) is 0 Å². The summed E-state index contributed by atoms with van der Waals surface area (Å²) in [6.45, 7) is 1.15. The van der Waals surface area contributed by atoms with Crippen molar-refractivity contribution in [2.75, 3.05) is 6.54 Å². The predicted octanol–water partition coefficient (Wildman–Crippen LogP) is 4.28. The third-order valence-electron chi connectivity index (χ3n) is 4.47. The van der Waals surface area contributed by atoms with Crippen LogP contribution in [0.15, 0.2) is 0 Å². The highest BCUT2D eigenvalue weighted by molar-refractivity contribution is 4.79. The Bertz CT molecular complexity index is 142. The molecular weight excluding hydrogens is 194 g/mol. The summed E-state index contributed by atoms with van der Waals surface area (Å²) >= 11 is 0. The van der Waals surface area contributed by atoms with E-state index >= 15 is 0 Å². The Morgan fingerprint density at radius 2 is 1.12 bits per heavy atom. The van der Waals surface area contributed by atoms with Gasteiger partial charge in [0.25, 0.3) is 0 Å². The fraction of sp³-hybridized carbons (Fsp3) is 1.00. The van der Waals surface area contributed by atoms with Gasteiger partial charge in [-0.3, -0.25) is 0 Å². The largest absolute Gasteiger partial charge is 0.196 e. The predicted molar refractivity (Wildman–Crippen MR) is 69.7 cm³/mol. The van der Waals surface area contributed by atoms with Gasteiger partial charge >= 0.3 is 0 Å². The first kappa shape index (κ1) is 12.4. The second-order valence-corrected chi connectivity index (χ2v) is 5.78. The number of nitrogens with zero attached hydrogens (tertiary/aromatic N) is 1. The molecule has 1 atom stereocenters. The highest BCUT2D eigenvalue weighted by atomic mass is 14.9. The first-order valence-corrected chi connectivity index (χ1v) is 7.63. The van der Waals surface area contributed by atoms with Crippen LogP contribution < -0.4 is 5.32 Å². The molecule has 2 fully saturated rings. The number of hydrogen-bond acceptors (Lipinski definition) is 0. The van der Waals surface area contributed by atoms with Gasteiger partial charge in [0, 0.05) is 18.8 Å². The zero-order valence-electron chi connectivity index (χ0n) is 10.8. The second kappa shape index (κ2) is 7.32. The van der Waals surface area contributed by atoms with E-state index in [-0.39, 0.29) is 0 Å². The van der Waals surface area contributed by atoms with Gasteiger partial charge in [-0.2, -0.15) is 0 Å². The van der Waals surface area contributed by atoms with Gasteiger partial charge in [-0.15, -0.1) is 0 Å². The summed E-state index contributed by atoms with van der Waals surface area (Å²) in [7, 11) is 0. The van der Waals surface area contributed by atoms with Crippen LogP contribution in [0.1, 0.15) is 77.0 Å². The van der Waals surface area contributed by atoms with E-state index in [0.29, 0.717) is 0 Å². The minimum Gasteiger partial charge on any atom is -0.0533 e. The van der Waals surface area contributed by atoms with Crippen LogP contribution in [-0.4, -0.2) is 12.6 Å². The van der Waals surface area contributed by atoms with E-state index in [1.165, 1.54) is 77.0 Å². The molecule has 0 aromatic heterocycles. The van der Waals surface area contributed by atoms with Crippen LogP contribution in [0.25, 0.3) is 0 Å². The summed E-state index contributed by atoms with van der Waals surface area (Å²) in [5.41, 5.74) is 0. The van der Waals surface area contributed by atoms with Crippen LogP contribution in [0.3, 0.4) is 0 Å². The van der Waals surface area contributed by atoms with Gasteiger partial charge in [-0.1, -0.05) is 38.5 Å². The summed E-state index contributed by atoms with van der Waals surface area (Å²) in [6, 6.07) is 0.735. The molecule has 1 heteroatoms. The van der Waals surface area contributed by atoms with Crippen molar-refractivity contribution < 1.29 is 0 Å². The van der Waals surface area contributed by atoms with Gasteiger partial charge in [0.1, 0.15) is 0 Å². The molecule has 2 aliphatic rings. The number of rotatable bonds is 1. The molecule has 1 heterocycles. The summed E-state index contributed by atoms with van der Waals surface area (Å²) in [5.74, 6) is 0.943. The molecule has 0 bridgehead atoms. The lowest BCUT2D eigenvalue weighted by Gasteiger charge is -2.22. The third kappa shape index (κ3) is 4.08. The van der Waals surface area contributed by atoms with Crippen molar-refractivity contribution in [1.29, 1.82) is 0 Å². The summed E-state index contributed by atoms with van der Waals surface area (Å²) in [4.78, 5) is 0. The van der Waals surface area contributed by atoms with Crippen molar-refractivity contribution in [3.63, 3.8) is 0 Å². The van der Waals surface area contributed by atoms with Crippen molar-refractivity contribution in [3.8, 4) is 0 Å². The maximum absolute atomic E-state index is 4.98. The van der Waals surface area contributed by atoms with Gasteiger partial charge in [-0.05, 0) is 25.7 Å². The maximum Gasteiger partial charge on any atom is 0.196 e. The van der Waals surface area contributed by atoms with Crippen LogP contribution in [0.2, 0.25) is 0 Å². The van der Waals surface area contributed by atoms with Crippen molar-refractivity contribution in [2.45, 2.75) is 83.1 Å². The molecule has 0 aromatic carbocycles. The van der Waals surface area contributed by atoms with Gasteiger partial charge < -0.3 is 0 Å². The van der Waals surface area contributed by atoms with Gasteiger partial charge in [-0.25, -0.2) is 0 Å². The normalized spacial score (nSPS) is 31.1. The quantitative estimate of drug-likeness (QED) is 0.628. The second-order valence-electron chi connectivity index (χ2n) is 5.78. The Morgan fingerprint density at radius 1 is 0.562 bits per heavy atom. The third-order valence-corrected chi connectivity index (χ3v) is 4.47. The van der Waals surface area contributed by atoms with Gasteiger partial charge in [0.15, 0.2) is 12.6 Å². The average Bonchev–Trinajstić information content (AvgIpc) is 2.18. The smallest absolute Gasteiger partial charge is 0.0533 e. The molecule has 1 aliphatic carbocycles. The lowest BCUT2D eigenvalue weighted by Crippen LogP contribution is -2.33. The first-order valence-electron chi connectivity index (χ1n) is 7.63. The first-order chi connectivity index (χ1) is 7.97. The van der Waals surface area contributed by atoms with Crippen molar-refractivity contribution >= 4 is 0 Å². The highest BCUT2D eigenvalue weighted by Crippen LogP contribution is 2.28. The minimum absolute atomic E-state index is 0.735. The molecule has 16 heavy (non-hydrogen) atoms. The molecule has 2 rings (SSSR count). The maximum atomic E-state index is 4.98. The Balaban J connectivity index is 1.81. The summed E-state index contributed by atoms with van der Waals surface area (Å²) < 4.78 is 0. The van der Waals surface area contributed by atoms with E-state index in [9.17, 15) is 0 Å². The average molecular weight is 222 g/mol. The molecular formula is C15H28N+. The van der Waals surface area contributed by atoms with Crippen LogP contribution in [0.5, 0.6) is 0 Å². The summed E-state index contributed by atoms with van der Waals surface area (Å²) in [5, 5.41) is 4.98. The topological polar surface area (TPSA) is 14.1 Å². The van der Waals surface area contributed by atoms with E-state index in [0.717, 1.165) is 18.5 Å². The molecule has 2 radical (unpaired) electrons. The van der Waals surface area contributed by atoms with Crippen LogP contribution >= 0.6 is 0 Å². The molecule has 1 nitrogen and oxygen atoms in total. The van der Waals surface area contributed by atoms with E-state index in [4.69, 9.17) is 5.32 Å². The minimum atomic E-state index is 0.735. The van der Waals surface area contributed by atoms with Crippen LogP contribution in [-0.2, 0) is 0 Å². The molecule has 0 amide bonds. The molecule has 1 saturated heterocycles. The molecule has 1 aliphatic heterocycles. The Morgan fingerprint density at radius 3 is 1.88 bits per heavy atom. The fourth-order valence-electron chi connectivity index (χ4n) is 3.42. The summed E-state index contributed by atoms with van der Waals surface area (Å²) in [6.07, 6.45) is 17.4. The molecule has 92 valence electrons. The molecule has 1 unspecified atom stereocenters. The monoisotopic (exact) mass is 222 g/mol. The fourth-order valence-corrected chi connectivity index (χ4v) is 3.42. The Kier molecular flexibility index (Phi) is 5.68. The Labute approximate surface area is 101 Å². The van der Waals surface area contributed by atoms with E-state index < -0.39 is 0 Å². The molecule has 0 aromatic rings. The standard InChI is InChI=1S/C15H28N/c1-2-6-10-14(11-7-3-1)15-12-8-4-5-9-13-16-15/h14-15H,1-13H2/q+1. The molecule has 1 saturated carbocycles. The number of hydrogen-bond donors (Lipinski definition) is 0. The lowest BCUT2D eigenvalue weighted by atomic mass is 9.83. The SMILES string of the molecule is C1CCCC(C2CCCCCC[N+]2)CCC1. The van der Waals surface area contributed by atoms with Crippen molar-refractivity contribution in [3.05, 3.63) is 0 Å². The molecule has 0 spiro atoms. The lowest BCUT2D eigenvalue weighted by molar-refractivity contribution is 0.255. The van der Waals surface area contributed by atoms with Gasteiger partial charge in [0.2, 0.25) is 0 Å². The van der Waals surface area contributed by atoms with Crippen LogP contribution in [0, 0.1) is 5.92 Å². The van der Waals surface area contributed by atoms with E-state index in [1.54, 1.807) is 0 Å². The van der Waals surface area contributed by atoms with Gasteiger partial charge in [0.05, 0.1) is 5.32 Å². The zero-order valence-corrected chi connectivity index (χ0v) is 10.8. The highest BCUT2D eigenvalue weighted by Gasteiger charge is 2.31. The molecule has 0 N–H and O–H groups in total. The zero-order chi connectivity index (χ0) is 11.1. The van der Waals surface area contributed by atoms with Crippen molar-refractivity contribution in [1.82, 2.24) is 5.32 Å². The van der Waals surface area contributed by atoms with E-state index in [1.807, 2.05) is 0 Å².